The van der Waals surface area contributed by atoms with Crippen LogP contribution in [-0.2, 0) is 0 Å². The first-order valence-electron chi connectivity index (χ1n) is 8.08. The van der Waals surface area contributed by atoms with Crippen molar-refractivity contribution in [2.75, 3.05) is 16.8 Å². The molecule has 1 aromatic carbocycles. The van der Waals surface area contributed by atoms with Gasteiger partial charge in [0, 0.05) is 12.7 Å². The highest BCUT2D eigenvalue weighted by Crippen LogP contribution is 2.41. The molecule has 0 radical (unpaired) electrons. The van der Waals surface area contributed by atoms with Gasteiger partial charge < -0.3 is 9.80 Å². The van der Waals surface area contributed by atoms with Crippen molar-refractivity contribution in [1.29, 1.82) is 0 Å². The Balaban J connectivity index is 0.000000901. The lowest BCUT2D eigenvalue weighted by atomic mass is 10.1. The first kappa shape index (κ1) is 20.9. The van der Waals surface area contributed by atoms with Crippen LogP contribution in [0.2, 0.25) is 0 Å². The van der Waals surface area contributed by atoms with E-state index in [1.54, 1.807) is 6.33 Å². The van der Waals surface area contributed by atoms with E-state index in [-0.39, 0.29) is 13.6 Å². The van der Waals surface area contributed by atoms with Gasteiger partial charge in [0.2, 0.25) is 0 Å². The van der Waals surface area contributed by atoms with E-state index in [0.29, 0.717) is 0 Å². The molecule has 0 fully saturated rings. The molecule has 0 unspecified atom stereocenters. The van der Waals surface area contributed by atoms with Crippen LogP contribution < -0.4 is 9.80 Å². The fraction of sp³-hybridized carbons (Fsp3) is 0.474. The summed E-state index contributed by atoms with van der Waals surface area (Å²) in [6.45, 7) is 12.3. The van der Waals surface area contributed by atoms with E-state index in [9.17, 15) is 0 Å². The summed E-state index contributed by atoms with van der Waals surface area (Å²) in [6.07, 6.45) is 3.73. The van der Waals surface area contributed by atoms with Crippen molar-refractivity contribution in [3.05, 3.63) is 42.4 Å². The number of benzene rings is 1. The third kappa shape index (κ3) is 4.01. The fourth-order valence-electron chi connectivity index (χ4n) is 2.47. The standard InChI is InChI=1S/C14H16N4.2C2H6.CH4/c1-10-6-4-5-7-12(10)18-11(2)17(3)14-13(18)8-15-9-16-14;2*1-2;/h4-9,11H,1-3H3;2*1-2H3;1H4/t11-;;;/m0.../s1. The molecule has 0 aliphatic carbocycles. The highest BCUT2D eigenvalue weighted by Gasteiger charge is 2.33. The van der Waals surface area contributed by atoms with Crippen molar-refractivity contribution in [2.45, 2.75) is 55.1 Å². The van der Waals surface area contributed by atoms with Gasteiger partial charge in [-0.15, -0.1) is 0 Å². The van der Waals surface area contributed by atoms with E-state index < -0.39 is 0 Å². The van der Waals surface area contributed by atoms with Crippen LogP contribution in [0.15, 0.2) is 36.8 Å². The minimum atomic E-state index is 0. The molecule has 1 atom stereocenters. The van der Waals surface area contributed by atoms with Crippen LogP contribution in [0.4, 0.5) is 17.2 Å². The summed E-state index contributed by atoms with van der Waals surface area (Å²) < 4.78 is 0. The Hall–Kier alpha value is -2.10. The topological polar surface area (TPSA) is 32.3 Å². The molecule has 3 rings (SSSR count). The SMILES string of the molecule is C.CC.CC.Cc1ccccc1N1c2cncnc2N(C)[C@@H]1C. The van der Waals surface area contributed by atoms with Gasteiger partial charge in [0.1, 0.15) is 18.2 Å². The summed E-state index contributed by atoms with van der Waals surface area (Å²) in [5, 5.41) is 0. The predicted octanol–water partition coefficient (Wildman–Crippen LogP) is 5.41. The predicted molar refractivity (Wildman–Crippen MR) is 103 cm³/mol. The number of rotatable bonds is 1. The third-order valence-electron chi connectivity index (χ3n) is 3.58. The summed E-state index contributed by atoms with van der Waals surface area (Å²) in [5.74, 6) is 0.987. The zero-order chi connectivity index (χ0) is 16.7. The van der Waals surface area contributed by atoms with Gasteiger partial charge in [-0.25, -0.2) is 9.97 Å². The number of hydrogen-bond acceptors (Lipinski definition) is 4. The highest BCUT2D eigenvalue weighted by atomic mass is 15.4. The van der Waals surface area contributed by atoms with E-state index in [1.807, 2.05) is 33.9 Å². The molecule has 23 heavy (non-hydrogen) atoms. The average Bonchev–Trinajstić information content (AvgIpc) is 2.84. The molecular weight excluding hydrogens is 284 g/mol. The maximum Gasteiger partial charge on any atom is 0.157 e. The average molecular weight is 316 g/mol. The lowest BCUT2D eigenvalue weighted by molar-refractivity contribution is 0.728. The number of aromatic nitrogens is 2. The van der Waals surface area contributed by atoms with E-state index >= 15 is 0 Å². The second-order valence-corrected chi connectivity index (χ2v) is 4.63. The Morgan fingerprint density at radius 2 is 1.61 bits per heavy atom. The Bertz CT molecular complexity index is 583. The number of hydrogen-bond donors (Lipinski definition) is 0. The van der Waals surface area contributed by atoms with E-state index in [2.05, 4.69) is 64.9 Å². The molecule has 0 saturated heterocycles. The van der Waals surface area contributed by atoms with Gasteiger partial charge in [-0.05, 0) is 25.5 Å². The second kappa shape index (κ2) is 9.82. The van der Waals surface area contributed by atoms with Crippen molar-refractivity contribution in [3.63, 3.8) is 0 Å². The molecule has 1 aromatic heterocycles. The summed E-state index contributed by atoms with van der Waals surface area (Å²) in [7, 11) is 2.06. The molecule has 4 heteroatoms. The minimum Gasteiger partial charge on any atom is -0.337 e. The normalized spacial score (nSPS) is 14.7. The highest BCUT2D eigenvalue weighted by molar-refractivity contribution is 5.80. The minimum absolute atomic E-state index is 0. The van der Waals surface area contributed by atoms with Crippen LogP contribution >= 0.6 is 0 Å². The molecule has 0 amide bonds. The van der Waals surface area contributed by atoms with Gasteiger partial charge in [0.05, 0.1) is 6.20 Å². The number of fused-ring (bicyclic) bond motifs is 1. The van der Waals surface area contributed by atoms with Crippen molar-refractivity contribution in [3.8, 4) is 0 Å². The zero-order valence-electron chi connectivity index (χ0n) is 14.8. The van der Waals surface area contributed by atoms with Gasteiger partial charge in [0.25, 0.3) is 0 Å². The maximum absolute atomic E-state index is 4.37. The molecule has 1 aliphatic heterocycles. The molecule has 0 saturated carbocycles. The van der Waals surface area contributed by atoms with Gasteiger partial charge in [-0.1, -0.05) is 53.3 Å². The molecule has 2 heterocycles. The summed E-state index contributed by atoms with van der Waals surface area (Å²) >= 11 is 0. The van der Waals surface area contributed by atoms with Crippen LogP contribution in [0.3, 0.4) is 0 Å². The van der Waals surface area contributed by atoms with Crippen LogP contribution in [0.25, 0.3) is 0 Å². The smallest absolute Gasteiger partial charge is 0.157 e. The fourth-order valence-corrected chi connectivity index (χ4v) is 2.47. The van der Waals surface area contributed by atoms with Gasteiger partial charge in [0.15, 0.2) is 5.82 Å². The van der Waals surface area contributed by atoms with Gasteiger partial charge in [-0.3, -0.25) is 0 Å². The lowest BCUT2D eigenvalue weighted by Gasteiger charge is -2.28. The zero-order valence-corrected chi connectivity index (χ0v) is 14.8. The van der Waals surface area contributed by atoms with E-state index in [0.717, 1.165) is 11.5 Å². The van der Waals surface area contributed by atoms with Crippen LogP contribution in [0, 0.1) is 6.92 Å². The molecule has 0 bridgehead atoms. The summed E-state index contributed by atoms with van der Waals surface area (Å²) in [4.78, 5) is 13.0. The molecule has 0 N–H and O–H groups in total. The Kier molecular flexibility index (Phi) is 8.93. The molecule has 2 aromatic rings. The number of anilines is 3. The van der Waals surface area contributed by atoms with E-state index in [1.165, 1.54) is 11.3 Å². The number of para-hydroxylation sites is 1. The number of aryl methyl sites for hydroxylation is 1. The first-order chi connectivity index (χ1) is 10.7. The van der Waals surface area contributed by atoms with Crippen molar-refractivity contribution in [2.24, 2.45) is 0 Å². The Morgan fingerprint density at radius 3 is 2.22 bits per heavy atom. The van der Waals surface area contributed by atoms with Crippen molar-refractivity contribution < 1.29 is 0 Å². The first-order valence-corrected chi connectivity index (χ1v) is 8.08. The quantitative estimate of drug-likeness (QED) is 0.704. The lowest BCUT2D eigenvalue weighted by Crippen LogP contribution is -2.36. The molecule has 0 spiro atoms. The van der Waals surface area contributed by atoms with Crippen molar-refractivity contribution >= 4 is 17.2 Å². The van der Waals surface area contributed by atoms with Crippen LogP contribution in [-0.4, -0.2) is 23.2 Å². The molecular formula is C19H32N4. The monoisotopic (exact) mass is 316 g/mol. The maximum atomic E-state index is 4.37. The Morgan fingerprint density at radius 1 is 1.00 bits per heavy atom. The summed E-state index contributed by atoms with van der Waals surface area (Å²) in [6, 6.07) is 8.40. The van der Waals surface area contributed by atoms with Crippen LogP contribution in [0.1, 0.15) is 47.6 Å². The number of nitrogens with zero attached hydrogens (tertiary/aromatic N) is 4. The molecule has 4 nitrogen and oxygen atoms in total. The second-order valence-electron chi connectivity index (χ2n) is 4.63. The molecule has 128 valence electrons. The Labute approximate surface area is 142 Å². The van der Waals surface area contributed by atoms with Gasteiger partial charge in [-0.2, -0.15) is 0 Å². The van der Waals surface area contributed by atoms with E-state index in [4.69, 9.17) is 0 Å². The van der Waals surface area contributed by atoms with Gasteiger partial charge >= 0.3 is 0 Å². The molecule has 1 aliphatic rings. The largest absolute Gasteiger partial charge is 0.337 e. The van der Waals surface area contributed by atoms with Crippen LogP contribution in [0.5, 0.6) is 0 Å². The third-order valence-corrected chi connectivity index (χ3v) is 3.58. The van der Waals surface area contributed by atoms with Crippen molar-refractivity contribution in [1.82, 2.24) is 9.97 Å². The summed E-state index contributed by atoms with van der Waals surface area (Å²) in [5.41, 5.74) is 3.54.